The van der Waals surface area contributed by atoms with Crippen LogP contribution >= 0.6 is 15.9 Å². The maximum absolute atomic E-state index is 14.8. The average molecular weight is 1120 g/mol. The van der Waals surface area contributed by atoms with Gasteiger partial charge in [0.2, 0.25) is 0 Å². The van der Waals surface area contributed by atoms with Crippen molar-refractivity contribution in [2.24, 2.45) is 23.2 Å². The van der Waals surface area contributed by atoms with Gasteiger partial charge >= 0.3 is 18.2 Å². The minimum atomic E-state index is -1.67. The first-order valence-electron chi connectivity index (χ1n) is 26.2. The number of aliphatic hydroxyl groups excluding tert-OH is 2. The zero-order valence-corrected chi connectivity index (χ0v) is 47.5. The van der Waals surface area contributed by atoms with Gasteiger partial charge in [-0.05, 0) is 110 Å². The molecule has 0 aliphatic carbocycles. The summed E-state index contributed by atoms with van der Waals surface area (Å²) in [6.07, 6.45) is -9.13. The molecule has 3 aliphatic heterocycles. The summed E-state index contributed by atoms with van der Waals surface area (Å²) in [6.45, 7) is 18.6. The van der Waals surface area contributed by atoms with Crippen LogP contribution in [0.2, 0.25) is 0 Å². The maximum atomic E-state index is 14.8. The number of cyclic esters (lactones) is 1. The number of halogens is 1. The second-order valence-corrected chi connectivity index (χ2v) is 23.0. The molecule has 17 atom stereocenters. The number of rotatable bonds is 12. The molecule has 19 nitrogen and oxygen atoms in total. The van der Waals surface area contributed by atoms with Crippen LogP contribution in [-0.2, 0) is 49.3 Å². The quantitative estimate of drug-likeness (QED) is 0.0592. The molecule has 2 aromatic rings. The highest BCUT2D eigenvalue weighted by Gasteiger charge is 2.52. The molecule has 0 bridgehead atoms. The van der Waals surface area contributed by atoms with Gasteiger partial charge < -0.3 is 58.7 Å². The Hall–Kier alpha value is -4.22. The van der Waals surface area contributed by atoms with Crippen LogP contribution in [0, 0.1) is 23.2 Å². The topological polar surface area (TPSA) is 236 Å². The van der Waals surface area contributed by atoms with E-state index < -0.39 is 114 Å². The molecule has 3 aliphatic rings. The van der Waals surface area contributed by atoms with Crippen LogP contribution < -0.4 is 16.2 Å². The van der Waals surface area contributed by atoms with Gasteiger partial charge in [-0.15, -0.1) is 0 Å². The van der Waals surface area contributed by atoms with Crippen LogP contribution in [0.3, 0.4) is 0 Å². The predicted molar refractivity (Wildman–Crippen MR) is 284 cm³/mol. The number of nitrogens with one attached hydrogen (secondary N) is 3. The predicted octanol–water partition coefficient (Wildman–Crippen LogP) is 6.31. The summed E-state index contributed by atoms with van der Waals surface area (Å²) in [6, 6.07) is 15.7. The standard InChI is InChI=1S/C55H84BrN5O14/c1-14-41-45(64)47(73-52(66)57-29-38-18-16-15-17-19-38)35(6)61(13)30-31(2)27-55(10,68)48(74-51-44(63)40(60(11)12)26-32(3)69-51)33(4)46(34(5)50(65)71-41)72-43-28-54(8,9)49(36(7)70-43)75-53(67)59-58-42(62)25-22-37-20-23-39(56)24-21-37/h15-25,31-36,40-41,43-49,51,63-64,68H,14,26-30H2,1-13H3,(H,57,66)(H,58,62)(H,59,67)/b25-22+/t31-,32-,33+,34-,35-,36+,40+,41-,43+,44-,45+,46+,47-,48-,49+,51+,55+/m1/s1. The van der Waals surface area contributed by atoms with Crippen LogP contribution in [0.4, 0.5) is 9.59 Å². The van der Waals surface area contributed by atoms with Crippen molar-refractivity contribution in [3.63, 3.8) is 0 Å². The number of hydrogen-bond donors (Lipinski definition) is 6. The number of benzene rings is 2. The first kappa shape index (κ1) is 61.6. The third kappa shape index (κ3) is 17.1. The third-order valence-electron chi connectivity index (χ3n) is 14.9. The third-order valence-corrected chi connectivity index (χ3v) is 15.4. The summed E-state index contributed by atoms with van der Waals surface area (Å²) in [5.74, 6) is -3.55. The molecule has 3 saturated heterocycles. The number of likely N-dealkylation sites (N-methyl/N-ethyl adjacent to an activating group) is 2. The number of nitrogens with zero attached hydrogens (tertiary/aromatic N) is 2. The zero-order valence-electron chi connectivity index (χ0n) is 45.9. The molecule has 0 saturated carbocycles. The van der Waals surface area contributed by atoms with E-state index in [1.165, 1.54) is 6.08 Å². The highest BCUT2D eigenvalue weighted by molar-refractivity contribution is 9.10. The number of aliphatic hydroxyl groups is 3. The average Bonchev–Trinajstić information content (AvgIpc) is 3.34. The van der Waals surface area contributed by atoms with Crippen LogP contribution in [0.5, 0.6) is 0 Å². The van der Waals surface area contributed by atoms with Crippen molar-refractivity contribution < 1.29 is 67.7 Å². The van der Waals surface area contributed by atoms with Crippen molar-refractivity contribution in [1.29, 1.82) is 0 Å². The van der Waals surface area contributed by atoms with E-state index in [-0.39, 0.29) is 43.9 Å². The van der Waals surface area contributed by atoms with Gasteiger partial charge in [0.1, 0.15) is 30.5 Å². The second-order valence-electron chi connectivity index (χ2n) is 22.1. The molecule has 20 heteroatoms. The van der Waals surface area contributed by atoms with Crippen LogP contribution in [0.25, 0.3) is 6.08 Å². The van der Waals surface area contributed by atoms with Gasteiger partial charge in [0.15, 0.2) is 12.6 Å². The number of amides is 3. The molecular weight excluding hydrogens is 1030 g/mol. The normalized spacial score (nSPS) is 35.4. The summed E-state index contributed by atoms with van der Waals surface area (Å²) < 4.78 is 45.5. The molecule has 0 aromatic heterocycles. The van der Waals surface area contributed by atoms with Crippen molar-refractivity contribution in [1.82, 2.24) is 26.0 Å². The van der Waals surface area contributed by atoms with E-state index in [1.807, 2.05) is 120 Å². The summed E-state index contributed by atoms with van der Waals surface area (Å²) in [4.78, 5) is 57.8. The van der Waals surface area contributed by atoms with Gasteiger partial charge in [0.25, 0.3) is 5.91 Å². The molecule has 0 radical (unpaired) electrons. The Bertz CT molecular complexity index is 2190. The number of carbonyl (C=O) groups excluding carboxylic acids is 4. The molecule has 3 heterocycles. The summed E-state index contributed by atoms with van der Waals surface area (Å²) >= 11 is 3.38. The molecule has 0 spiro atoms. The Kier molecular flexibility index (Phi) is 22.5. The molecule has 2 aromatic carbocycles. The lowest BCUT2D eigenvalue weighted by Gasteiger charge is -2.49. The Morgan fingerprint density at radius 3 is 2.16 bits per heavy atom. The number of alkyl carbamates (subject to hydrolysis) is 1. The highest BCUT2D eigenvalue weighted by atomic mass is 79.9. The number of hydrogen-bond acceptors (Lipinski definition) is 16. The van der Waals surface area contributed by atoms with Gasteiger partial charge in [0.05, 0.1) is 35.9 Å². The van der Waals surface area contributed by atoms with Crippen LogP contribution in [-0.4, -0.2) is 162 Å². The lowest BCUT2D eigenvalue weighted by atomic mass is 9.77. The molecule has 5 rings (SSSR count). The second kappa shape index (κ2) is 27.4. The van der Waals surface area contributed by atoms with E-state index in [4.69, 9.17) is 33.2 Å². The number of carbonyl (C=O) groups is 4. The Balaban J connectivity index is 1.44. The largest absolute Gasteiger partial charge is 0.459 e. The molecule has 3 fully saturated rings. The van der Waals surface area contributed by atoms with Gasteiger partial charge in [-0.2, -0.15) is 0 Å². The minimum Gasteiger partial charge on any atom is -0.459 e. The van der Waals surface area contributed by atoms with E-state index in [0.29, 0.717) is 13.0 Å². The monoisotopic (exact) mass is 1120 g/mol. The molecule has 6 N–H and O–H groups in total. The fourth-order valence-corrected chi connectivity index (χ4v) is 11.0. The zero-order chi connectivity index (χ0) is 55.5. The summed E-state index contributed by atoms with van der Waals surface area (Å²) in [7, 11) is 5.57. The van der Waals surface area contributed by atoms with Gasteiger partial charge in [0, 0.05) is 53.5 Å². The maximum Gasteiger partial charge on any atom is 0.426 e. The number of ether oxygens (including phenoxy) is 7. The Labute approximate surface area is 451 Å². The van der Waals surface area contributed by atoms with Gasteiger partial charge in [-0.25, -0.2) is 15.0 Å². The molecular formula is C55H84BrN5O14. The van der Waals surface area contributed by atoms with Crippen molar-refractivity contribution >= 4 is 46.1 Å². The first-order chi connectivity index (χ1) is 35.2. The molecule has 75 heavy (non-hydrogen) atoms. The number of esters is 1. The molecule has 420 valence electrons. The summed E-state index contributed by atoms with van der Waals surface area (Å²) in [5.41, 5.74) is 3.78. The molecule has 0 unspecified atom stereocenters. The summed E-state index contributed by atoms with van der Waals surface area (Å²) in [5, 5.41) is 39.6. The Morgan fingerprint density at radius 1 is 0.867 bits per heavy atom. The first-order valence-corrected chi connectivity index (χ1v) is 27.0. The van der Waals surface area contributed by atoms with E-state index in [9.17, 15) is 34.5 Å². The van der Waals surface area contributed by atoms with Crippen molar-refractivity contribution in [2.75, 3.05) is 27.7 Å². The van der Waals surface area contributed by atoms with E-state index in [2.05, 4.69) is 32.1 Å². The minimum absolute atomic E-state index is 0.149. The van der Waals surface area contributed by atoms with Crippen LogP contribution in [0.1, 0.15) is 106 Å². The Morgan fingerprint density at radius 2 is 1.53 bits per heavy atom. The van der Waals surface area contributed by atoms with E-state index >= 15 is 0 Å². The van der Waals surface area contributed by atoms with Gasteiger partial charge in [-0.1, -0.05) is 93.0 Å². The van der Waals surface area contributed by atoms with E-state index in [1.54, 1.807) is 40.7 Å². The van der Waals surface area contributed by atoms with Crippen molar-refractivity contribution in [3.05, 3.63) is 76.3 Å². The van der Waals surface area contributed by atoms with Crippen molar-refractivity contribution in [3.8, 4) is 0 Å². The smallest absolute Gasteiger partial charge is 0.426 e. The lowest BCUT2D eigenvalue weighted by Crippen LogP contribution is -2.60. The SMILES string of the molecule is CC[C@H]1OC(=O)[C@H](C)[C@@H](O[C@H]2CC(C)(C)[C@@H](OC(=O)NNC(=O)/C=C/c3ccc(Br)cc3)[C@H](C)O2)[C@H](C)[C@@H](O[C@@H]2O[C@H](C)C[C@H](N(C)C)[C@H]2O)[C@@](C)(O)C[C@@H](C)CN(C)[C@H](C)[C@@H](OC(=O)NCc2ccccc2)[C@H]1O. The highest BCUT2D eigenvalue weighted by Crippen LogP contribution is 2.42. The number of hydrazine groups is 1. The fraction of sp³-hybridized carbons (Fsp3) is 0.673. The van der Waals surface area contributed by atoms with E-state index in [0.717, 1.165) is 15.6 Å². The van der Waals surface area contributed by atoms with Crippen molar-refractivity contribution in [2.45, 2.75) is 187 Å². The molecule has 3 amide bonds. The van der Waals surface area contributed by atoms with Crippen LogP contribution in [0.15, 0.2) is 65.1 Å². The van der Waals surface area contributed by atoms with Gasteiger partial charge in [-0.3, -0.25) is 19.9 Å². The lowest BCUT2D eigenvalue weighted by molar-refractivity contribution is -0.312. The fourth-order valence-electron chi connectivity index (χ4n) is 10.8.